The normalized spacial score (nSPS) is 21.9. The number of carbonyl (C=O) groups is 3. The predicted octanol–water partition coefficient (Wildman–Crippen LogP) is 2.76. The summed E-state index contributed by atoms with van der Waals surface area (Å²) in [7, 11) is 4.75. The highest BCUT2D eigenvalue weighted by molar-refractivity contribution is 5.98. The summed E-state index contributed by atoms with van der Waals surface area (Å²) in [6, 6.07) is 8.56. The van der Waals surface area contributed by atoms with Crippen molar-refractivity contribution in [3.63, 3.8) is 0 Å². The van der Waals surface area contributed by atoms with E-state index in [2.05, 4.69) is 10.2 Å². The van der Waals surface area contributed by atoms with Gasteiger partial charge in [0.05, 0.1) is 21.3 Å². The van der Waals surface area contributed by atoms with Gasteiger partial charge in [0, 0.05) is 38.3 Å². The van der Waals surface area contributed by atoms with Gasteiger partial charge < -0.3 is 34.3 Å². The molecule has 1 aliphatic carbocycles. The largest absolute Gasteiger partial charge is 0.493 e. The summed E-state index contributed by atoms with van der Waals surface area (Å²) < 4.78 is 22.2. The molecule has 0 unspecified atom stereocenters. The molecule has 44 heavy (non-hydrogen) atoms. The summed E-state index contributed by atoms with van der Waals surface area (Å²) in [4.78, 5) is 43.5. The lowest BCUT2D eigenvalue weighted by Crippen LogP contribution is -2.55. The van der Waals surface area contributed by atoms with Gasteiger partial charge in [-0.2, -0.15) is 0 Å². The van der Waals surface area contributed by atoms with Crippen molar-refractivity contribution in [1.29, 1.82) is 0 Å². The molecule has 11 nitrogen and oxygen atoms in total. The van der Waals surface area contributed by atoms with Crippen molar-refractivity contribution in [2.45, 2.75) is 63.8 Å². The van der Waals surface area contributed by atoms with Crippen molar-refractivity contribution in [3.05, 3.63) is 52.6 Å². The lowest BCUT2D eigenvalue weighted by Gasteiger charge is -2.37. The van der Waals surface area contributed by atoms with Crippen LogP contribution in [0.3, 0.4) is 0 Å². The summed E-state index contributed by atoms with van der Waals surface area (Å²) in [5.74, 6) is -0.0819. The quantitative estimate of drug-likeness (QED) is 0.349. The molecule has 2 N–H and O–H groups in total. The van der Waals surface area contributed by atoms with Gasteiger partial charge in [0.15, 0.2) is 17.6 Å². The van der Waals surface area contributed by atoms with Crippen LogP contribution in [0.25, 0.3) is 0 Å². The molecule has 2 heterocycles. The number of carbonyl (C=O) groups excluding carboxylic acids is 2. The number of aliphatic carboxylic acids is 1. The number of epoxide rings is 1. The fourth-order valence-corrected chi connectivity index (χ4v) is 6.51. The van der Waals surface area contributed by atoms with Crippen LogP contribution in [0.4, 0.5) is 0 Å². The van der Waals surface area contributed by atoms with E-state index in [4.69, 9.17) is 18.9 Å². The fraction of sp³-hybridized carbons (Fsp3) is 0.545. The molecular formula is C33H43N3O8. The van der Waals surface area contributed by atoms with E-state index in [9.17, 15) is 19.5 Å². The lowest BCUT2D eigenvalue weighted by atomic mass is 9.92. The molecule has 0 spiro atoms. The first-order valence-corrected chi connectivity index (χ1v) is 15.3. The summed E-state index contributed by atoms with van der Waals surface area (Å²) in [6.45, 7) is 6.84. The smallest absolute Gasteiger partial charge is 0.344 e. The first-order chi connectivity index (χ1) is 21.1. The first kappa shape index (κ1) is 31.6. The number of rotatable bonds is 12. The molecule has 2 aromatic carbocycles. The third-order valence-corrected chi connectivity index (χ3v) is 8.88. The second-order valence-corrected chi connectivity index (χ2v) is 12.2. The molecule has 2 amide bonds. The minimum Gasteiger partial charge on any atom is -0.493 e. The maximum atomic E-state index is 13.7. The molecule has 0 bridgehead atoms. The van der Waals surface area contributed by atoms with E-state index in [0.29, 0.717) is 62.0 Å². The van der Waals surface area contributed by atoms with Crippen molar-refractivity contribution < 1.29 is 38.4 Å². The Hall–Kier alpha value is -3.83. The topological polar surface area (TPSA) is 130 Å². The van der Waals surface area contributed by atoms with Gasteiger partial charge in [-0.05, 0) is 54.4 Å². The number of hydrogen-bond acceptors (Lipinski definition) is 8. The van der Waals surface area contributed by atoms with Crippen LogP contribution in [-0.2, 0) is 44.1 Å². The Labute approximate surface area is 258 Å². The number of piperazine rings is 1. The van der Waals surface area contributed by atoms with E-state index in [-0.39, 0.29) is 11.8 Å². The summed E-state index contributed by atoms with van der Waals surface area (Å²) in [5, 5.41) is 13.0. The third-order valence-electron chi connectivity index (χ3n) is 8.88. The van der Waals surface area contributed by atoms with Crippen LogP contribution >= 0.6 is 0 Å². The van der Waals surface area contributed by atoms with Gasteiger partial charge in [0.2, 0.25) is 17.3 Å². The van der Waals surface area contributed by atoms with Gasteiger partial charge in [-0.1, -0.05) is 38.1 Å². The molecule has 2 aliphatic heterocycles. The molecule has 3 atom stereocenters. The molecule has 11 heteroatoms. The van der Waals surface area contributed by atoms with Crippen molar-refractivity contribution in [3.8, 4) is 17.2 Å². The van der Waals surface area contributed by atoms with Crippen LogP contribution in [0.1, 0.15) is 48.9 Å². The molecule has 2 fully saturated rings. The van der Waals surface area contributed by atoms with Crippen LogP contribution in [0, 0.1) is 5.92 Å². The second-order valence-electron chi connectivity index (χ2n) is 12.2. The van der Waals surface area contributed by atoms with E-state index in [1.807, 2.05) is 38.1 Å². The molecule has 0 aromatic heterocycles. The third kappa shape index (κ3) is 6.08. The van der Waals surface area contributed by atoms with Crippen LogP contribution in [0.2, 0.25) is 0 Å². The molecule has 5 rings (SSSR count). The zero-order valence-electron chi connectivity index (χ0n) is 26.2. The number of benzene rings is 2. The number of hydrogen-bond donors (Lipinski definition) is 2. The van der Waals surface area contributed by atoms with E-state index in [1.54, 1.807) is 32.3 Å². The van der Waals surface area contributed by atoms with E-state index in [0.717, 1.165) is 30.4 Å². The Kier molecular flexibility index (Phi) is 9.36. The molecule has 238 valence electrons. The van der Waals surface area contributed by atoms with Crippen LogP contribution < -0.4 is 19.5 Å². The van der Waals surface area contributed by atoms with Crippen LogP contribution in [0.5, 0.6) is 17.2 Å². The number of nitrogens with one attached hydrogen (secondary N) is 1. The molecule has 0 saturated carbocycles. The zero-order valence-corrected chi connectivity index (χ0v) is 26.2. The Morgan fingerprint density at radius 3 is 2.32 bits per heavy atom. The minimum absolute atomic E-state index is 0.129. The van der Waals surface area contributed by atoms with Gasteiger partial charge in [0.25, 0.3) is 5.91 Å². The van der Waals surface area contributed by atoms with Gasteiger partial charge in [0.1, 0.15) is 6.04 Å². The van der Waals surface area contributed by atoms with Gasteiger partial charge in [-0.3, -0.25) is 14.5 Å². The number of amides is 2. The van der Waals surface area contributed by atoms with Crippen molar-refractivity contribution in [2.75, 3.05) is 47.5 Å². The average Bonchev–Trinajstić information content (AvgIpc) is 3.62. The standard InChI is InChI=1S/C33H43N3O8/c1-20(2)17-25(34-30(37)29-33(44-29,32(39)40)24-11-9-21-7-6-8-22(21)18-24)31(38)36-15-13-35(14-16-36)19-23-10-12-26(41-3)28(43-5)27(23)42-4/h9-12,18,20,25,29H,6-8,13-17,19H2,1-5H3,(H,34,37)(H,39,40)/t25-,29-,33+/m0/s1. The number of carboxylic acid groups (broad SMARTS) is 1. The Morgan fingerprint density at radius 1 is 0.977 bits per heavy atom. The van der Waals surface area contributed by atoms with E-state index >= 15 is 0 Å². The maximum absolute atomic E-state index is 13.7. The summed E-state index contributed by atoms with van der Waals surface area (Å²) in [5.41, 5.74) is 2.00. The molecule has 3 aliphatic rings. The molecule has 0 radical (unpaired) electrons. The van der Waals surface area contributed by atoms with E-state index in [1.165, 1.54) is 5.56 Å². The van der Waals surface area contributed by atoms with Gasteiger partial charge in [-0.15, -0.1) is 0 Å². The fourth-order valence-electron chi connectivity index (χ4n) is 6.51. The predicted molar refractivity (Wildman–Crippen MR) is 162 cm³/mol. The minimum atomic E-state index is -1.73. The van der Waals surface area contributed by atoms with Gasteiger partial charge in [-0.25, -0.2) is 4.79 Å². The SMILES string of the molecule is COc1ccc(CN2CCN(C(=O)[C@H](CC(C)C)NC(=O)[C@@H]3O[C@]3(C(=O)O)c3ccc4c(c3)CCC4)CC2)c(OC)c1OC. The number of aryl methyl sites for hydroxylation is 2. The number of ether oxygens (including phenoxy) is 4. The molecule has 2 saturated heterocycles. The molecular weight excluding hydrogens is 566 g/mol. The highest BCUT2D eigenvalue weighted by atomic mass is 16.6. The van der Waals surface area contributed by atoms with E-state index < -0.39 is 29.6 Å². The second kappa shape index (κ2) is 13.0. The highest BCUT2D eigenvalue weighted by Gasteiger charge is 2.68. The summed E-state index contributed by atoms with van der Waals surface area (Å²) in [6.07, 6.45) is 2.12. The number of nitrogens with zero attached hydrogens (tertiary/aromatic N) is 2. The zero-order chi connectivity index (χ0) is 31.6. The molecule has 2 aromatic rings. The average molecular weight is 610 g/mol. The maximum Gasteiger partial charge on any atom is 0.344 e. The number of carboxylic acids is 1. The number of methoxy groups -OCH3 is 3. The van der Waals surface area contributed by atoms with Gasteiger partial charge >= 0.3 is 5.97 Å². The van der Waals surface area contributed by atoms with Crippen molar-refractivity contribution >= 4 is 17.8 Å². The number of fused-ring (bicyclic) bond motifs is 1. The Balaban J connectivity index is 1.23. The summed E-state index contributed by atoms with van der Waals surface area (Å²) >= 11 is 0. The monoisotopic (exact) mass is 609 g/mol. The van der Waals surface area contributed by atoms with Crippen molar-refractivity contribution in [1.82, 2.24) is 15.1 Å². The highest BCUT2D eigenvalue weighted by Crippen LogP contribution is 2.48. The first-order valence-electron chi connectivity index (χ1n) is 15.3. The Morgan fingerprint density at radius 2 is 1.68 bits per heavy atom. The van der Waals surface area contributed by atoms with Crippen molar-refractivity contribution in [2.24, 2.45) is 5.92 Å². The van der Waals surface area contributed by atoms with Crippen LogP contribution in [-0.4, -0.2) is 92.3 Å². The Bertz CT molecular complexity index is 1400. The lowest BCUT2D eigenvalue weighted by molar-refractivity contribution is -0.143. The van der Waals surface area contributed by atoms with Crippen LogP contribution in [0.15, 0.2) is 30.3 Å².